The lowest BCUT2D eigenvalue weighted by Gasteiger charge is -2.08. The first kappa shape index (κ1) is 19.6. The highest BCUT2D eigenvalue weighted by Gasteiger charge is 2.13. The molecule has 9 heteroatoms. The van der Waals surface area contributed by atoms with Crippen LogP contribution in [0.2, 0.25) is 0 Å². The fraction of sp³-hybridized carbons (Fsp3) is 0.294. The van der Waals surface area contributed by atoms with E-state index in [1.165, 1.54) is 42.2 Å². The van der Waals surface area contributed by atoms with E-state index < -0.39 is 11.7 Å². The van der Waals surface area contributed by atoms with Crippen LogP contribution in [0.5, 0.6) is 0 Å². The van der Waals surface area contributed by atoms with Gasteiger partial charge in [0.1, 0.15) is 17.2 Å². The summed E-state index contributed by atoms with van der Waals surface area (Å²) in [6.07, 6.45) is 2.29. The maximum absolute atomic E-state index is 12.9. The van der Waals surface area contributed by atoms with Gasteiger partial charge >= 0.3 is 5.97 Å². The number of thioether (sulfide) groups is 1. The number of hydrogen-bond donors (Lipinski definition) is 2. The molecule has 0 unspecified atom stereocenters. The predicted octanol–water partition coefficient (Wildman–Crippen LogP) is 2.89. The van der Waals surface area contributed by atoms with Crippen molar-refractivity contribution in [2.45, 2.75) is 24.9 Å². The summed E-state index contributed by atoms with van der Waals surface area (Å²) in [6.45, 7) is 2.13. The standard InChI is InChI=1S/C17H19FN4O3S/c1-2-25-14(23)4-3-9-26-17-20-10-13(15(19)22-17)16(24)21-12-7-5-11(18)6-8-12/h5-8,10H,2-4,9H2,1H3,(H,21,24)(H2,19,20,22). The van der Waals surface area contributed by atoms with E-state index in [2.05, 4.69) is 15.3 Å². The number of benzene rings is 1. The average Bonchev–Trinajstić information content (AvgIpc) is 2.61. The Bertz CT molecular complexity index is 771. The Balaban J connectivity index is 1.88. The van der Waals surface area contributed by atoms with Crippen LogP contribution in [0.15, 0.2) is 35.6 Å². The number of aromatic nitrogens is 2. The lowest BCUT2D eigenvalue weighted by atomic mass is 10.2. The van der Waals surface area contributed by atoms with Crippen LogP contribution in [0.1, 0.15) is 30.1 Å². The number of anilines is 2. The van der Waals surface area contributed by atoms with Gasteiger partial charge in [-0.15, -0.1) is 0 Å². The Morgan fingerprint density at radius 1 is 1.31 bits per heavy atom. The highest BCUT2D eigenvalue weighted by molar-refractivity contribution is 7.99. The van der Waals surface area contributed by atoms with Crippen LogP contribution >= 0.6 is 11.8 Å². The van der Waals surface area contributed by atoms with Gasteiger partial charge in [-0.25, -0.2) is 14.4 Å². The molecule has 26 heavy (non-hydrogen) atoms. The maximum Gasteiger partial charge on any atom is 0.305 e. The molecule has 0 aliphatic heterocycles. The predicted molar refractivity (Wildman–Crippen MR) is 97.4 cm³/mol. The van der Waals surface area contributed by atoms with Crippen LogP contribution in [0.4, 0.5) is 15.9 Å². The summed E-state index contributed by atoms with van der Waals surface area (Å²) in [5, 5.41) is 3.02. The van der Waals surface area contributed by atoms with Gasteiger partial charge in [0, 0.05) is 24.1 Å². The number of rotatable bonds is 8. The molecule has 0 fully saturated rings. The van der Waals surface area contributed by atoms with E-state index in [9.17, 15) is 14.0 Å². The Morgan fingerprint density at radius 2 is 2.04 bits per heavy atom. The number of nitrogens with two attached hydrogens (primary N) is 1. The lowest BCUT2D eigenvalue weighted by molar-refractivity contribution is -0.143. The fourth-order valence-corrected chi connectivity index (χ4v) is 2.73. The number of hydrogen-bond acceptors (Lipinski definition) is 7. The third kappa shape index (κ3) is 5.99. The molecule has 0 spiro atoms. The maximum atomic E-state index is 12.9. The minimum atomic E-state index is -0.479. The van der Waals surface area contributed by atoms with Crippen molar-refractivity contribution in [3.63, 3.8) is 0 Å². The molecule has 2 rings (SSSR count). The molecule has 0 saturated heterocycles. The van der Waals surface area contributed by atoms with Crippen molar-refractivity contribution in [3.05, 3.63) is 41.8 Å². The van der Waals surface area contributed by atoms with Crippen molar-refractivity contribution < 1.29 is 18.7 Å². The second-order valence-corrected chi connectivity index (χ2v) is 6.23. The molecule has 1 amide bonds. The highest BCUT2D eigenvalue weighted by atomic mass is 32.2. The normalized spacial score (nSPS) is 10.4. The minimum absolute atomic E-state index is 0.0486. The molecule has 1 aromatic carbocycles. The van der Waals surface area contributed by atoms with E-state index in [1.807, 2.05) is 0 Å². The Kier molecular flexibility index (Phi) is 7.34. The number of amides is 1. The van der Waals surface area contributed by atoms with Gasteiger partial charge in [0.2, 0.25) is 0 Å². The van der Waals surface area contributed by atoms with Crippen molar-refractivity contribution in [1.82, 2.24) is 9.97 Å². The zero-order valence-electron chi connectivity index (χ0n) is 14.2. The topological polar surface area (TPSA) is 107 Å². The van der Waals surface area contributed by atoms with Gasteiger partial charge in [0.05, 0.1) is 6.61 Å². The third-order valence-electron chi connectivity index (χ3n) is 3.20. The molecule has 1 aromatic heterocycles. The van der Waals surface area contributed by atoms with Crippen LogP contribution in [-0.2, 0) is 9.53 Å². The van der Waals surface area contributed by atoms with Gasteiger partial charge in [-0.05, 0) is 37.6 Å². The number of nitrogens with zero attached hydrogens (tertiary/aromatic N) is 2. The second kappa shape index (κ2) is 9.71. The van der Waals surface area contributed by atoms with E-state index in [-0.39, 0.29) is 17.4 Å². The number of carbonyl (C=O) groups is 2. The van der Waals surface area contributed by atoms with Gasteiger partial charge in [-0.3, -0.25) is 9.59 Å². The van der Waals surface area contributed by atoms with E-state index in [4.69, 9.17) is 10.5 Å². The van der Waals surface area contributed by atoms with Gasteiger partial charge < -0.3 is 15.8 Å². The summed E-state index contributed by atoms with van der Waals surface area (Å²) in [6, 6.07) is 5.37. The number of ether oxygens (including phenoxy) is 1. The minimum Gasteiger partial charge on any atom is -0.466 e. The molecule has 0 aliphatic rings. The molecule has 1 heterocycles. The summed E-state index contributed by atoms with van der Waals surface area (Å²) in [7, 11) is 0. The molecular formula is C17H19FN4O3S. The van der Waals surface area contributed by atoms with Crippen LogP contribution in [-0.4, -0.2) is 34.2 Å². The Labute approximate surface area is 154 Å². The Morgan fingerprint density at radius 3 is 2.69 bits per heavy atom. The van der Waals surface area contributed by atoms with Crippen molar-refractivity contribution in [2.24, 2.45) is 0 Å². The molecule has 3 N–H and O–H groups in total. The van der Waals surface area contributed by atoms with E-state index in [1.54, 1.807) is 6.92 Å². The van der Waals surface area contributed by atoms with Gasteiger partial charge in [-0.2, -0.15) is 0 Å². The summed E-state index contributed by atoms with van der Waals surface area (Å²) in [4.78, 5) is 31.7. The fourth-order valence-electron chi connectivity index (χ4n) is 1.97. The van der Waals surface area contributed by atoms with E-state index in [0.29, 0.717) is 36.0 Å². The van der Waals surface area contributed by atoms with Crippen LogP contribution in [0.25, 0.3) is 0 Å². The highest BCUT2D eigenvalue weighted by Crippen LogP contribution is 2.19. The van der Waals surface area contributed by atoms with Crippen LogP contribution < -0.4 is 11.1 Å². The van der Waals surface area contributed by atoms with Gasteiger partial charge in [0.25, 0.3) is 5.91 Å². The number of carbonyl (C=O) groups excluding carboxylic acids is 2. The summed E-state index contributed by atoms with van der Waals surface area (Å²) in [5.41, 5.74) is 6.40. The van der Waals surface area contributed by atoms with Gasteiger partial charge in [-0.1, -0.05) is 11.8 Å². The number of nitrogens with one attached hydrogen (secondary N) is 1. The van der Waals surface area contributed by atoms with Crippen molar-refractivity contribution in [2.75, 3.05) is 23.4 Å². The summed E-state index contributed by atoms with van der Waals surface area (Å²) >= 11 is 1.34. The van der Waals surface area contributed by atoms with Crippen LogP contribution in [0, 0.1) is 5.82 Å². The first-order chi connectivity index (χ1) is 12.5. The monoisotopic (exact) mass is 378 g/mol. The zero-order chi connectivity index (χ0) is 18.9. The van der Waals surface area contributed by atoms with Gasteiger partial charge in [0.15, 0.2) is 5.16 Å². The molecule has 0 atom stereocenters. The second-order valence-electron chi connectivity index (χ2n) is 5.17. The van der Waals surface area contributed by atoms with E-state index >= 15 is 0 Å². The Hall–Kier alpha value is -2.68. The number of halogens is 1. The molecule has 7 nitrogen and oxygen atoms in total. The van der Waals surface area contributed by atoms with Crippen LogP contribution in [0.3, 0.4) is 0 Å². The molecule has 0 bridgehead atoms. The molecule has 0 saturated carbocycles. The van der Waals surface area contributed by atoms with Crippen molar-refractivity contribution >= 4 is 35.1 Å². The smallest absolute Gasteiger partial charge is 0.305 e. The molecule has 0 radical (unpaired) electrons. The lowest BCUT2D eigenvalue weighted by Crippen LogP contribution is -2.15. The van der Waals surface area contributed by atoms with Crippen molar-refractivity contribution in [1.29, 1.82) is 0 Å². The zero-order valence-corrected chi connectivity index (χ0v) is 15.0. The van der Waals surface area contributed by atoms with Crippen molar-refractivity contribution in [3.8, 4) is 0 Å². The third-order valence-corrected chi connectivity index (χ3v) is 4.15. The summed E-state index contributed by atoms with van der Waals surface area (Å²) in [5.74, 6) is -0.434. The molecular weight excluding hydrogens is 359 g/mol. The quantitative estimate of drug-likeness (QED) is 0.315. The molecule has 0 aliphatic carbocycles. The van der Waals surface area contributed by atoms with E-state index in [0.717, 1.165) is 0 Å². The largest absolute Gasteiger partial charge is 0.466 e. The average molecular weight is 378 g/mol. The summed E-state index contributed by atoms with van der Waals surface area (Å²) < 4.78 is 17.7. The first-order valence-electron chi connectivity index (χ1n) is 7.97. The SMILES string of the molecule is CCOC(=O)CCCSc1ncc(C(=O)Nc2ccc(F)cc2)c(N)n1. The molecule has 2 aromatic rings. The molecule has 138 valence electrons. The number of esters is 1. The first-order valence-corrected chi connectivity index (χ1v) is 8.96. The number of nitrogen functional groups attached to an aromatic ring is 1.